The zero-order valence-corrected chi connectivity index (χ0v) is 11.5. The summed E-state index contributed by atoms with van der Waals surface area (Å²) in [5, 5.41) is 13.5. The Balaban J connectivity index is 2.15. The molecule has 1 aliphatic carbocycles. The lowest BCUT2D eigenvalue weighted by Gasteiger charge is -2.23. The number of nitriles is 1. The van der Waals surface area contributed by atoms with Crippen LogP contribution in [0.4, 0.5) is 5.69 Å². The second-order valence-corrected chi connectivity index (χ2v) is 5.51. The highest BCUT2D eigenvalue weighted by Gasteiger charge is 2.23. The van der Waals surface area contributed by atoms with Gasteiger partial charge in [-0.1, -0.05) is 36.9 Å². The summed E-state index contributed by atoms with van der Waals surface area (Å²) in [7, 11) is 0. The Bertz CT molecular complexity index is 450. The van der Waals surface area contributed by atoms with Gasteiger partial charge in [0.05, 0.1) is 22.7 Å². The zero-order chi connectivity index (χ0) is 13.0. The summed E-state index contributed by atoms with van der Waals surface area (Å²) >= 11 is 6.20. The molecule has 18 heavy (non-hydrogen) atoms. The number of nitrogens with one attached hydrogen (secondary N) is 1. The third-order valence-corrected chi connectivity index (χ3v) is 3.97. The fourth-order valence-electron chi connectivity index (χ4n) is 2.58. The van der Waals surface area contributed by atoms with Crippen LogP contribution in [0.15, 0.2) is 18.2 Å². The molecule has 2 rings (SSSR count). The molecule has 2 unspecified atom stereocenters. The molecule has 1 fully saturated rings. The third kappa shape index (κ3) is 3.17. The molecular weight excluding hydrogens is 244 g/mol. The van der Waals surface area contributed by atoms with Crippen molar-refractivity contribution in [2.45, 2.75) is 45.1 Å². The predicted octanol–water partition coefficient (Wildman–Crippen LogP) is 4.53. The predicted molar refractivity (Wildman–Crippen MR) is 75.8 cm³/mol. The van der Waals surface area contributed by atoms with E-state index in [0.717, 1.165) is 30.0 Å². The molecule has 2 atom stereocenters. The van der Waals surface area contributed by atoms with Gasteiger partial charge in [-0.25, -0.2) is 0 Å². The fourth-order valence-corrected chi connectivity index (χ4v) is 2.76. The van der Waals surface area contributed by atoms with Crippen molar-refractivity contribution < 1.29 is 0 Å². The second kappa shape index (κ2) is 6.11. The van der Waals surface area contributed by atoms with E-state index in [9.17, 15) is 5.26 Å². The molecule has 96 valence electrons. The molecule has 1 aromatic rings. The van der Waals surface area contributed by atoms with Gasteiger partial charge in [0.2, 0.25) is 0 Å². The van der Waals surface area contributed by atoms with Gasteiger partial charge < -0.3 is 5.32 Å². The monoisotopic (exact) mass is 262 g/mol. The Morgan fingerprint density at radius 1 is 1.28 bits per heavy atom. The lowest BCUT2D eigenvalue weighted by Crippen LogP contribution is -2.27. The van der Waals surface area contributed by atoms with Crippen molar-refractivity contribution >= 4 is 17.3 Å². The summed E-state index contributed by atoms with van der Waals surface area (Å²) in [5.41, 5.74) is 2.15. The molecule has 0 aromatic heterocycles. The largest absolute Gasteiger partial charge is 0.380 e. The molecule has 1 aromatic carbocycles. The minimum absolute atomic E-state index is 0.101. The van der Waals surface area contributed by atoms with E-state index in [-0.39, 0.29) is 12.0 Å². The number of hydrogen-bond donors (Lipinski definition) is 1. The Kier molecular flexibility index (Phi) is 4.49. The first-order chi connectivity index (χ1) is 8.70. The van der Waals surface area contributed by atoms with Crippen molar-refractivity contribution in [2.24, 2.45) is 5.92 Å². The van der Waals surface area contributed by atoms with E-state index < -0.39 is 0 Å². The lowest BCUT2D eigenvalue weighted by atomic mass is 9.96. The molecule has 0 aliphatic heterocycles. The first kappa shape index (κ1) is 13.2. The van der Waals surface area contributed by atoms with Crippen LogP contribution in [0.5, 0.6) is 0 Å². The quantitative estimate of drug-likeness (QED) is 0.795. The number of hydrogen-bond acceptors (Lipinski definition) is 2. The Morgan fingerprint density at radius 2 is 2.06 bits per heavy atom. The van der Waals surface area contributed by atoms with E-state index in [1.807, 2.05) is 12.1 Å². The van der Waals surface area contributed by atoms with Crippen LogP contribution in [-0.2, 0) is 0 Å². The summed E-state index contributed by atoms with van der Waals surface area (Å²) in [6.07, 6.45) is 5.65. The molecule has 0 heterocycles. The van der Waals surface area contributed by atoms with E-state index in [1.165, 1.54) is 18.4 Å². The van der Waals surface area contributed by atoms with Crippen molar-refractivity contribution in [2.75, 3.05) is 5.32 Å². The van der Waals surface area contributed by atoms with Crippen molar-refractivity contribution in [3.63, 3.8) is 0 Å². The van der Waals surface area contributed by atoms with E-state index in [2.05, 4.69) is 24.4 Å². The van der Waals surface area contributed by atoms with Crippen LogP contribution in [-0.4, -0.2) is 6.04 Å². The molecule has 0 amide bonds. The summed E-state index contributed by atoms with van der Waals surface area (Å²) in [6, 6.07) is 8.65. The minimum atomic E-state index is 0.101. The molecular formula is C15H19ClN2. The van der Waals surface area contributed by atoms with E-state index >= 15 is 0 Å². The molecule has 0 spiro atoms. The summed E-state index contributed by atoms with van der Waals surface area (Å²) in [4.78, 5) is 0. The summed E-state index contributed by atoms with van der Waals surface area (Å²) < 4.78 is 0. The average Bonchev–Trinajstić information content (AvgIpc) is 2.59. The highest BCUT2D eigenvalue weighted by Crippen LogP contribution is 2.29. The summed E-state index contributed by atoms with van der Waals surface area (Å²) in [6.45, 7) is 2.05. The standard InChI is InChI=1S/C15H19ClN2/c1-11-7-8-13(16)15(9-11)18-14-6-4-2-3-5-12(14)10-17/h7-9,12,14,18H,2-6H2,1H3. The maximum atomic E-state index is 9.27. The first-order valence-electron chi connectivity index (χ1n) is 6.63. The molecule has 1 saturated carbocycles. The first-order valence-corrected chi connectivity index (χ1v) is 7.01. The van der Waals surface area contributed by atoms with Crippen molar-refractivity contribution in [1.82, 2.24) is 0 Å². The molecule has 2 nitrogen and oxygen atoms in total. The van der Waals surface area contributed by atoms with Crippen LogP contribution < -0.4 is 5.32 Å². The summed E-state index contributed by atoms with van der Waals surface area (Å²) in [5.74, 6) is 0.101. The van der Waals surface area contributed by atoms with Crippen LogP contribution in [0.2, 0.25) is 5.02 Å². The van der Waals surface area contributed by atoms with Crippen LogP contribution in [0, 0.1) is 24.2 Å². The van der Waals surface area contributed by atoms with E-state index in [4.69, 9.17) is 11.6 Å². The SMILES string of the molecule is Cc1ccc(Cl)c(NC2CCCCCC2C#N)c1. The molecule has 1 N–H and O–H groups in total. The number of benzene rings is 1. The van der Waals surface area contributed by atoms with Gasteiger partial charge in [0.1, 0.15) is 0 Å². The molecule has 0 radical (unpaired) electrons. The number of nitrogens with zero attached hydrogens (tertiary/aromatic N) is 1. The number of anilines is 1. The fraction of sp³-hybridized carbons (Fsp3) is 0.533. The van der Waals surface area contributed by atoms with Crippen LogP contribution in [0.1, 0.15) is 37.7 Å². The maximum absolute atomic E-state index is 9.27. The van der Waals surface area contributed by atoms with Gasteiger partial charge in [-0.05, 0) is 37.5 Å². The van der Waals surface area contributed by atoms with E-state index in [0.29, 0.717) is 0 Å². The topological polar surface area (TPSA) is 35.8 Å². The van der Waals surface area contributed by atoms with Gasteiger partial charge in [0.15, 0.2) is 0 Å². The Morgan fingerprint density at radius 3 is 2.83 bits per heavy atom. The maximum Gasteiger partial charge on any atom is 0.0677 e. The molecule has 3 heteroatoms. The highest BCUT2D eigenvalue weighted by molar-refractivity contribution is 6.33. The zero-order valence-electron chi connectivity index (χ0n) is 10.7. The van der Waals surface area contributed by atoms with Crippen LogP contribution in [0.25, 0.3) is 0 Å². The average molecular weight is 263 g/mol. The third-order valence-electron chi connectivity index (χ3n) is 3.64. The van der Waals surface area contributed by atoms with E-state index in [1.54, 1.807) is 0 Å². The van der Waals surface area contributed by atoms with Gasteiger partial charge in [-0.3, -0.25) is 0 Å². The van der Waals surface area contributed by atoms with Crippen molar-refractivity contribution in [3.8, 4) is 6.07 Å². The van der Waals surface area contributed by atoms with Gasteiger partial charge in [-0.15, -0.1) is 0 Å². The molecule has 1 aliphatic rings. The van der Waals surface area contributed by atoms with Gasteiger partial charge in [0, 0.05) is 6.04 Å². The molecule has 0 saturated heterocycles. The number of aryl methyl sites for hydroxylation is 1. The van der Waals surface area contributed by atoms with Gasteiger partial charge >= 0.3 is 0 Å². The van der Waals surface area contributed by atoms with Gasteiger partial charge in [0.25, 0.3) is 0 Å². The minimum Gasteiger partial charge on any atom is -0.380 e. The van der Waals surface area contributed by atoms with Gasteiger partial charge in [-0.2, -0.15) is 5.26 Å². The number of rotatable bonds is 2. The highest BCUT2D eigenvalue weighted by atomic mass is 35.5. The second-order valence-electron chi connectivity index (χ2n) is 5.11. The Labute approximate surface area is 114 Å². The smallest absolute Gasteiger partial charge is 0.0677 e. The number of halogens is 1. The molecule has 0 bridgehead atoms. The van der Waals surface area contributed by atoms with Crippen LogP contribution >= 0.6 is 11.6 Å². The van der Waals surface area contributed by atoms with Crippen molar-refractivity contribution in [1.29, 1.82) is 5.26 Å². The van der Waals surface area contributed by atoms with Crippen LogP contribution in [0.3, 0.4) is 0 Å². The van der Waals surface area contributed by atoms with Crippen molar-refractivity contribution in [3.05, 3.63) is 28.8 Å². The normalized spacial score (nSPS) is 24.1. The Hall–Kier alpha value is -1.20. The lowest BCUT2D eigenvalue weighted by molar-refractivity contribution is 0.514.